The van der Waals surface area contributed by atoms with Crippen LogP contribution in [0, 0.1) is 6.92 Å². The largest absolute Gasteiger partial charge is 0.497 e. The Morgan fingerprint density at radius 3 is 2.27 bits per heavy atom. The van der Waals surface area contributed by atoms with Gasteiger partial charge in [0.05, 0.1) is 18.0 Å². The van der Waals surface area contributed by atoms with Crippen LogP contribution in [0.2, 0.25) is 0 Å². The Morgan fingerprint density at radius 2 is 1.63 bits per heavy atom. The lowest BCUT2D eigenvalue weighted by Crippen LogP contribution is -2.26. The molecule has 3 aromatic rings. The van der Waals surface area contributed by atoms with Gasteiger partial charge in [-0.3, -0.25) is 9.52 Å². The lowest BCUT2D eigenvalue weighted by atomic mass is 10.1. The van der Waals surface area contributed by atoms with Crippen molar-refractivity contribution in [1.29, 1.82) is 0 Å². The van der Waals surface area contributed by atoms with Gasteiger partial charge < -0.3 is 10.1 Å². The quantitative estimate of drug-likeness (QED) is 0.592. The third kappa shape index (κ3) is 5.18. The Kier molecular flexibility index (Phi) is 6.42. The zero-order valence-corrected chi connectivity index (χ0v) is 17.9. The number of amides is 1. The van der Waals surface area contributed by atoms with Crippen LogP contribution in [-0.2, 0) is 10.0 Å². The normalized spacial score (nSPS) is 12.1. The summed E-state index contributed by atoms with van der Waals surface area (Å²) in [7, 11) is -2.28. The molecule has 0 bridgehead atoms. The summed E-state index contributed by atoms with van der Waals surface area (Å²) in [6.45, 7) is 3.91. The van der Waals surface area contributed by atoms with E-state index in [0.717, 1.165) is 11.1 Å². The third-order valence-corrected chi connectivity index (χ3v) is 6.07. The average molecular weight is 425 g/mol. The zero-order valence-electron chi connectivity index (χ0n) is 17.0. The van der Waals surface area contributed by atoms with Crippen molar-refractivity contribution in [3.63, 3.8) is 0 Å². The number of carbonyl (C=O) groups excluding carboxylic acids is 1. The van der Waals surface area contributed by atoms with Crippen LogP contribution in [0.15, 0.2) is 77.7 Å². The number of rotatable bonds is 7. The van der Waals surface area contributed by atoms with E-state index in [9.17, 15) is 13.2 Å². The lowest BCUT2D eigenvalue weighted by molar-refractivity contribution is 0.0940. The fraction of sp³-hybridized carbons (Fsp3) is 0.174. The highest BCUT2D eigenvalue weighted by molar-refractivity contribution is 7.92. The van der Waals surface area contributed by atoms with Crippen LogP contribution in [-0.4, -0.2) is 21.4 Å². The first-order valence-corrected chi connectivity index (χ1v) is 10.9. The van der Waals surface area contributed by atoms with Gasteiger partial charge in [-0.1, -0.05) is 35.9 Å². The van der Waals surface area contributed by atoms with Crippen molar-refractivity contribution in [2.45, 2.75) is 24.8 Å². The Hall–Kier alpha value is -3.32. The fourth-order valence-electron chi connectivity index (χ4n) is 2.91. The highest BCUT2D eigenvalue weighted by Gasteiger charge is 2.16. The predicted octanol–water partition coefficient (Wildman–Crippen LogP) is 4.30. The minimum Gasteiger partial charge on any atom is -0.497 e. The molecule has 0 radical (unpaired) electrons. The van der Waals surface area contributed by atoms with Crippen LogP contribution in [0.5, 0.6) is 5.75 Å². The van der Waals surface area contributed by atoms with Gasteiger partial charge in [-0.15, -0.1) is 0 Å². The summed E-state index contributed by atoms with van der Waals surface area (Å²) < 4.78 is 32.8. The molecule has 0 spiro atoms. The van der Waals surface area contributed by atoms with Crippen molar-refractivity contribution >= 4 is 21.6 Å². The number of sulfonamides is 1. The van der Waals surface area contributed by atoms with Gasteiger partial charge in [0.1, 0.15) is 5.75 Å². The second kappa shape index (κ2) is 9.00. The van der Waals surface area contributed by atoms with Crippen molar-refractivity contribution in [2.75, 3.05) is 11.8 Å². The molecule has 2 N–H and O–H groups in total. The topological polar surface area (TPSA) is 84.5 Å². The number of nitrogens with one attached hydrogen (secondary N) is 2. The minimum absolute atomic E-state index is 0.103. The number of benzene rings is 3. The van der Waals surface area contributed by atoms with E-state index in [-0.39, 0.29) is 16.8 Å². The maximum absolute atomic E-state index is 12.7. The van der Waals surface area contributed by atoms with Crippen molar-refractivity contribution in [2.24, 2.45) is 0 Å². The predicted molar refractivity (Wildman–Crippen MR) is 117 cm³/mol. The molecule has 3 rings (SSSR count). The van der Waals surface area contributed by atoms with E-state index in [4.69, 9.17) is 4.74 Å². The molecule has 7 heteroatoms. The van der Waals surface area contributed by atoms with Gasteiger partial charge in [0.15, 0.2) is 0 Å². The Balaban J connectivity index is 1.73. The summed E-state index contributed by atoms with van der Waals surface area (Å²) in [5, 5.41) is 2.94. The third-order valence-electron chi connectivity index (χ3n) is 4.67. The van der Waals surface area contributed by atoms with Gasteiger partial charge >= 0.3 is 0 Å². The Labute approximate surface area is 177 Å². The summed E-state index contributed by atoms with van der Waals surface area (Å²) in [5.41, 5.74) is 2.81. The molecule has 0 aliphatic heterocycles. The number of hydrogen-bond acceptors (Lipinski definition) is 4. The molecule has 0 aliphatic carbocycles. The van der Waals surface area contributed by atoms with E-state index < -0.39 is 10.0 Å². The van der Waals surface area contributed by atoms with E-state index in [1.165, 1.54) is 25.3 Å². The summed E-state index contributed by atoms with van der Waals surface area (Å²) in [5.74, 6) is 0.281. The standard InChI is InChI=1S/C23H24N2O4S/c1-16-7-9-18(10-8-16)17(2)24-23(26)19-5-4-6-20(15-19)25-30(27,28)22-13-11-21(29-3)12-14-22/h4-15,17,25H,1-3H3,(H,24,26)/t17-/m0/s1. The summed E-state index contributed by atoms with van der Waals surface area (Å²) >= 11 is 0. The number of hydrogen-bond donors (Lipinski definition) is 2. The van der Waals surface area contributed by atoms with Crippen LogP contribution in [0.1, 0.15) is 34.5 Å². The van der Waals surface area contributed by atoms with Crippen molar-refractivity contribution in [3.05, 3.63) is 89.5 Å². The molecule has 0 aromatic heterocycles. The molecule has 0 heterocycles. The van der Waals surface area contributed by atoms with Gasteiger partial charge in [-0.2, -0.15) is 0 Å². The molecule has 156 valence electrons. The number of carbonyl (C=O) groups is 1. The van der Waals surface area contributed by atoms with Crippen LogP contribution in [0.3, 0.4) is 0 Å². The van der Waals surface area contributed by atoms with Crippen molar-refractivity contribution < 1.29 is 17.9 Å². The zero-order chi connectivity index (χ0) is 21.7. The van der Waals surface area contributed by atoms with Gasteiger partial charge in [-0.05, 0) is 61.9 Å². The van der Waals surface area contributed by atoms with E-state index in [0.29, 0.717) is 17.0 Å². The highest BCUT2D eigenvalue weighted by atomic mass is 32.2. The van der Waals surface area contributed by atoms with Crippen molar-refractivity contribution in [3.8, 4) is 5.75 Å². The second-order valence-electron chi connectivity index (χ2n) is 6.97. The molecule has 30 heavy (non-hydrogen) atoms. The maximum atomic E-state index is 12.7. The molecule has 0 aliphatic rings. The maximum Gasteiger partial charge on any atom is 0.261 e. The number of methoxy groups -OCH3 is 1. The summed E-state index contributed by atoms with van der Waals surface area (Å²) in [6.07, 6.45) is 0. The van der Waals surface area contributed by atoms with Crippen LogP contribution in [0.4, 0.5) is 5.69 Å². The second-order valence-corrected chi connectivity index (χ2v) is 8.65. The first-order valence-electron chi connectivity index (χ1n) is 9.43. The van der Waals surface area contributed by atoms with Crippen LogP contribution < -0.4 is 14.8 Å². The molecule has 6 nitrogen and oxygen atoms in total. The van der Waals surface area contributed by atoms with E-state index in [1.54, 1.807) is 30.3 Å². The summed E-state index contributed by atoms with van der Waals surface area (Å²) in [4.78, 5) is 12.8. The number of ether oxygens (including phenoxy) is 1. The number of aryl methyl sites for hydroxylation is 1. The molecule has 0 saturated carbocycles. The first-order chi connectivity index (χ1) is 14.3. The van der Waals surface area contributed by atoms with Gasteiger partial charge in [0.2, 0.25) is 0 Å². The smallest absolute Gasteiger partial charge is 0.261 e. The highest BCUT2D eigenvalue weighted by Crippen LogP contribution is 2.20. The lowest BCUT2D eigenvalue weighted by Gasteiger charge is -2.15. The molecule has 0 fully saturated rings. The number of anilines is 1. The minimum atomic E-state index is -3.79. The fourth-order valence-corrected chi connectivity index (χ4v) is 3.96. The van der Waals surface area contributed by atoms with Crippen LogP contribution in [0.25, 0.3) is 0 Å². The Morgan fingerprint density at radius 1 is 0.967 bits per heavy atom. The SMILES string of the molecule is COc1ccc(S(=O)(=O)Nc2cccc(C(=O)N[C@@H](C)c3ccc(C)cc3)c2)cc1. The monoisotopic (exact) mass is 424 g/mol. The van der Waals surface area contributed by atoms with E-state index >= 15 is 0 Å². The van der Waals surface area contributed by atoms with Crippen molar-refractivity contribution in [1.82, 2.24) is 5.32 Å². The van der Waals surface area contributed by atoms with E-state index in [2.05, 4.69) is 10.0 Å². The molecule has 0 saturated heterocycles. The molecule has 0 unspecified atom stereocenters. The first kappa shape index (κ1) is 21.4. The molecule has 1 amide bonds. The Bertz CT molecular complexity index is 1120. The summed E-state index contributed by atoms with van der Waals surface area (Å²) in [6, 6.07) is 20.2. The van der Waals surface area contributed by atoms with Gasteiger partial charge in [-0.25, -0.2) is 8.42 Å². The molecule has 3 aromatic carbocycles. The van der Waals surface area contributed by atoms with E-state index in [1.807, 2.05) is 38.1 Å². The molecule has 1 atom stereocenters. The molecular weight excluding hydrogens is 400 g/mol. The van der Waals surface area contributed by atoms with Crippen LogP contribution >= 0.6 is 0 Å². The molecular formula is C23H24N2O4S. The van der Waals surface area contributed by atoms with Gasteiger partial charge in [0, 0.05) is 11.3 Å². The van der Waals surface area contributed by atoms with Gasteiger partial charge in [0.25, 0.3) is 15.9 Å². The average Bonchev–Trinajstić information content (AvgIpc) is 2.74.